The molecule has 2 aromatic carbocycles. The van der Waals surface area contributed by atoms with Crippen molar-refractivity contribution in [2.45, 2.75) is 19.9 Å². The zero-order chi connectivity index (χ0) is 19.0. The fourth-order valence-electron chi connectivity index (χ4n) is 3.40. The summed E-state index contributed by atoms with van der Waals surface area (Å²) < 4.78 is 7.28. The molecule has 2 heterocycles. The van der Waals surface area contributed by atoms with E-state index in [0.717, 1.165) is 22.7 Å². The van der Waals surface area contributed by atoms with Gasteiger partial charge in [0.25, 0.3) is 0 Å². The molecule has 0 aliphatic carbocycles. The predicted molar refractivity (Wildman–Crippen MR) is 108 cm³/mol. The van der Waals surface area contributed by atoms with Crippen LogP contribution < -0.4 is 5.73 Å². The number of nitrogens with two attached hydrogens (primary N) is 1. The van der Waals surface area contributed by atoms with Crippen LogP contribution in [0.2, 0.25) is 0 Å². The predicted octanol–water partition coefficient (Wildman–Crippen LogP) is 5.01. The maximum Gasteiger partial charge on any atom is 0.126 e. The van der Waals surface area contributed by atoms with E-state index in [0.29, 0.717) is 0 Å². The first-order valence-corrected chi connectivity index (χ1v) is 9.04. The van der Waals surface area contributed by atoms with Gasteiger partial charge in [-0.25, -0.2) is 0 Å². The van der Waals surface area contributed by atoms with Crippen molar-refractivity contribution in [3.63, 3.8) is 0 Å². The van der Waals surface area contributed by atoms with Gasteiger partial charge in [0.05, 0.1) is 17.7 Å². The lowest BCUT2D eigenvalue weighted by Gasteiger charge is -2.08. The standard InChI is InChI=1S/C23H23N3O/c1-15-6-8-17(9-7-15)18-10-11-19(16(2)13-18)20-14-21(26(3)25-20)23(24)22-5-4-12-27-22/h4-14,23H,24H2,1-3H3. The van der Waals surface area contributed by atoms with E-state index in [4.69, 9.17) is 10.2 Å². The maximum atomic E-state index is 6.35. The summed E-state index contributed by atoms with van der Waals surface area (Å²) in [4.78, 5) is 0. The average Bonchev–Trinajstić information content (AvgIpc) is 3.32. The van der Waals surface area contributed by atoms with Crippen LogP contribution >= 0.6 is 0 Å². The molecule has 0 saturated carbocycles. The molecule has 4 nitrogen and oxygen atoms in total. The van der Waals surface area contributed by atoms with Gasteiger partial charge >= 0.3 is 0 Å². The van der Waals surface area contributed by atoms with Gasteiger partial charge in [0.1, 0.15) is 11.8 Å². The van der Waals surface area contributed by atoms with E-state index in [-0.39, 0.29) is 6.04 Å². The number of nitrogens with zero attached hydrogens (tertiary/aromatic N) is 2. The smallest absolute Gasteiger partial charge is 0.126 e. The third-order valence-electron chi connectivity index (χ3n) is 4.97. The van der Waals surface area contributed by atoms with Crippen LogP contribution in [0.3, 0.4) is 0 Å². The monoisotopic (exact) mass is 357 g/mol. The molecule has 1 atom stereocenters. The highest BCUT2D eigenvalue weighted by Gasteiger charge is 2.18. The van der Waals surface area contributed by atoms with Crippen molar-refractivity contribution >= 4 is 0 Å². The molecule has 136 valence electrons. The summed E-state index contributed by atoms with van der Waals surface area (Å²) in [7, 11) is 1.91. The SMILES string of the molecule is Cc1ccc(-c2ccc(-c3cc(C(N)c4ccco4)n(C)n3)c(C)c2)cc1. The molecule has 27 heavy (non-hydrogen) atoms. The Morgan fingerprint density at radius 1 is 0.963 bits per heavy atom. The van der Waals surface area contributed by atoms with Gasteiger partial charge in [-0.3, -0.25) is 4.68 Å². The first kappa shape index (κ1) is 17.3. The Bertz CT molecular complexity index is 1060. The molecular weight excluding hydrogens is 334 g/mol. The lowest BCUT2D eigenvalue weighted by Crippen LogP contribution is -2.15. The summed E-state index contributed by atoms with van der Waals surface area (Å²) >= 11 is 0. The lowest BCUT2D eigenvalue weighted by molar-refractivity contribution is 0.478. The lowest BCUT2D eigenvalue weighted by atomic mass is 9.97. The summed E-state index contributed by atoms with van der Waals surface area (Å²) in [6.07, 6.45) is 1.64. The minimum atomic E-state index is -0.335. The fraction of sp³-hybridized carbons (Fsp3) is 0.174. The molecule has 1 unspecified atom stereocenters. The van der Waals surface area contributed by atoms with Gasteiger partial charge < -0.3 is 10.2 Å². The highest BCUT2D eigenvalue weighted by Crippen LogP contribution is 2.30. The number of rotatable bonds is 4. The minimum absolute atomic E-state index is 0.335. The molecule has 0 bridgehead atoms. The zero-order valence-corrected chi connectivity index (χ0v) is 15.8. The quantitative estimate of drug-likeness (QED) is 0.558. The first-order chi connectivity index (χ1) is 13.0. The minimum Gasteiger partial charge on any atom is -0.467 e. The molecule has 0 saturated heterocycles. The highest BCUT2D eigenvalue weighted by atomic mass is 16.3. The molecule has 0 radical (unpaired) electrons. The summed E-state index contributed by atoms with van der Waals surface area (Å²) in [5.74, 6) is 0.732. The van der Waals surface area contributed by atoms with Gasteiger partial charge in [0.15, 0.2) is 0 Å². The van der Waals surface area contributed by atoms with Crippen LogP contribution in [0.5, 0.6) is 0 Å². The maximum absolute atomic E-state index is 6.35. The molecular formula is C23H23N3O. The highest BCUT2D eigenvalue weighted by molar-refractivity contribution is 5.72. The van der Waals surface area contributed by atoms with Gasteiger partial charge in [0, 0.05) is 12.6 Å². The Kier molecular flexibility index (Phi) is 4.42. The molecule has 0 aliphatic heterocycles. The van der Waals surface area contributed by atoms with Crippen LogP contribution in [0, 0.1) is 13.8 Å². The van der Waals surface area contributed by atoms with Gasteiger partial charge in [-0.05, 0) is 48.7 Å². The summed E-state index contributed by atoms with van der Waals surface area (Å²) in [6.45, 7) is 4.22. The van der Waals surface area contributed by atoms with E-state index >= 15 is 0 Å². The number of hydrogen-bond acceptors (Lipinski definition) is 3. The van der Waals surface area contributed by atoms with Gasteiger partial charge in [-0.2, -0.15) is 5.10 Å². The Morgan fingerprint density at radius 2 is 1.70 bits per heavy atom. The zero-order valence-electron chi connectivity index (χ0n) is 15.8. The van der Waals surface area contributed by atoms with Gasteiger partial charge in [-0.1, -0.05) is 48.0 Å². The van der Waals surface area contributed by atoms with E-state index in [1.807, 2.05) is 29.9 Å². The molecule has 0 spiro atoms. The summed E-state index contributed by atoms with van der Waals surface area (Å²) in [5.41, 5.74) is 14.2. The second kappa shape index (κ2) is 6.89. The normalized spacial score (nSPS) is 12.3. The summed E-state index contributed by atoms with van der Waals surface area (Å²) in [5, 5.41) is 4.68. The summed E-state index contributed by atoms with van der Waals surface area (Å²) in [6, 6.07) is 20.5. The first-order valence-electron chi connectivity index (χ1n) is 9.04. The van der Waals surface area contributed by atoms with E-state index in [9.17, 15) is 0 Å². The van der Waals surface area contributed by atoms with E-state index in [2.05, 4.69) is 61.4 Å². The van der Waals surface area contributed by atoms with E-state index < -0.39 is 0 Å². The molecule has 2 N–H and O–H groups in total. The van der Waals surface area contributed by atoms with Crippen LogP contribution in [0.4, 0.5) is 0 Å². The second-order valence-electron chi connectivity index (χ2n) is 6.97. The number of hydrogen-bond donors (Lipinski definition) is 1. The van der Waals surface area contributed by atoms with E-state index in [1.54, 1.807) is 6.26 Å². The van der Waals surface area contributed by atoms with Crippen molar-refractivity contribution in [3.05, 3.63) is 89.5 Å². The molecule has 2 aromatic heterocycles. The number of furan rings is 1. The van der Waals surface area contributed by atoms with Crippen molar-refractivity contribution in [1.29, 1.82) is 0 Å². The van der Waals surface area contributed by atoms with Gasteiger partial charge in [0.2, 0.25) is 0 Å². The molecule has 0 aliphatic rings. The molecule has 0 amide bonds. The van der Waals surface area contributed by atoms with Crippen LogP contribution in [0.15, 0.2) is 71.3 Å². The second-order valence-corrected chi connectivity index (χ2v) is 6.97. The Balaban J connectivity index is 1.68. The average molecular weight is 357 g/mol. The Labute approximate surface area is 159 Å². The van der Waals surface area contributed by atoms with Crippen molar-refractivity contribution in [2.75, 3.05) is 0 Å². The largest absolute Gasteiger partial charge is 0.467 e. The molecule has 0 fully saturated rings. The van der Waals surface area contributed by atoms with Crippen molar-refractivity contribution < 1.29 is 4.42 Å². The van der Waals surface area contributed by atoms with Crippen molar-refractivity contribution in [2.24, 2.45) is 12.8 Å². The van der Waals surface area contributed by atoms with Crippen molar-refractivity contribution in [3.8, 4) is 22.4 Å². The van der Waals surface area contributed by atoms with E-state index in [1.165, 1.54) is 22.3 Å². The third kappa shape index (κ3) is 3.32. The van der Waals surface area contributed by atoms with Crippen LogP contribution in [-0.2, 0) is 7.05 Å². The number of benzene rings is 2. The van der Waals surface area contributed by atoms with Crippen molar-refractivity contribution in [1.82, 2.24) is 9.78 Å². The fourth-order valence-corrected chi connectivity index (χ4v) is 3.40. The molecule has 4 heteroatoms. The Morgan fingerprint density at radius 3 is 2.37 bits per heavy atom. The molecule has 4 rings (SSSR count). The van der Waals surface area contributed by atoms with Crippen LogP contribution in [0.1, 0.15) is 28.6 Å². The Hall–Kier alpha value is -3.11. The molecule has 4 aromatic rings. The van der Waals surface area contributed by atoms with Crippen LogP contribution in [-0.4, -0.2) is 9.78 Å². The van der Waals surface area contributed by atoms with Crippen LogP contribution in [0.25, 0.3) is 22.4 Å². The van der Waals surface area contributed by atoms with Gasteiger partial charge in [-0.15, -0.1) is 0 Å². The topological polar surface area (TPSA) is 57.0 Å². The third-order valence-corrected chi connectivity index (χ3v) is 4.97. The number of aryl methyl sites for hydroxylation is 3. The number of aromatic nitrogens is 2.